The number of rotatable bonds is 34. The third kappa shape index (κ3) is 35.6. The second kappa shape index (κ2) is 32.6. The summed E-state index contributed by atoms with van der Waals surface area (Å²) >= 11 is 0. The number of carbonyl (C=O) groups is 5. The van der Waals surface area contributed by atoms with Crippen LogP contribution in [-0.4, -0.2) is 99.1 Å². The van der Waals surface area contributed by atoms with E-state index in [4.69, 9.17) is 24.4 Å². The number of carboxylic acids is 2. The minimum absolute atomic E-state index is 0.113. The Labute approximate surface area is 268 Å². The maximum absolute atomic E-state index is 12.0. The third-order valence-electron chi connectivity index (χ3n) is 6.85. The molecule has 0 fully saturated rings. The zero-order chi connectivity index (χ0) is 33.2. The van der Waals surface area contributed by atoms with Crippen LogP contribution in [0, 0.1) is 0 Å². The Balaban J connectivity index is 3.27. The predicted octanol–water partition coefficient (Wildman–Crippen LogP) is 3.58. The average molecular weight is 646 g/mol. The van der Waals surface area contributed by atoms with E-state index in [9.17, 15) is 24.0 Å². The highest BCUT2D eigenvalue weighted by atomic mass is 16.5. The van der Waals surface area contributed by atoms with Gasteiger partial charge in [0, 0.05) is 52.4 Å². The van der Waals surface area contributed by atoms with Crippen LogP contribution >= 0.6 is 0 Å². The molecule has 45 heavy (non-hydrogen) atoms. The lowest BCUT2D eigenvalue weighted by Gasteiger charge is -2.08. The van der Waals surface area contributed by atoms with Crippen molar-refractivity contribution in [3.63, 3.8) is 0 Å². The molecule has 0 rings (SSSR count). The summed E-state index contributed by atoms with van der Waals surface area (Å²) in [6, 6.07) is 0. The van der Waals surface area contributed by atoms with Gasteiger partial charge in [0.05, 0.1) is 0 Å². The summed E-state index contributed by atoms with van der Waals surface area (Å²) in [6.45, 7) is 2.30. The van der Waals surface area contributed by atoms with Gasteiger partial charge in [-0.05, 0) is 38.5 Å². The van der Waals surface area contributed by atoms with Crippen LogP contribution in [-0.2, 0) is 38.2 Å². The van der Waals surface area contributed by atoms with Crippen LogP contribution in [0.2, 0.25) is 0 Å². The smallest absolute Gasteiger partial charge is 0.322 e. The van der Waals surface area contributed by atoms with Crippen molar-refractivity contribution in [2.45, 2.75) is 116 Å². The highest BCUT2D eigenvalue weighted by molar-refractivity contribution is 5.82. The highest BCUT2D eigenvalue weighted by Crippen LogP contribution is 2.13. The topological polar surface area (TPSA) is 190 Å². The van der Waals surface area contributed by atoms with E-state index >= 15 is 0 Å². The summed E-state index contributed by atoms with van der Waals surface area (Å²) in [7, 11) is 0. The largest absolute Gasteiger partial charge is 0.481 e. The van der Waals surface area contributed by atoms with Crippen molar-refractivity contribution in [2.75, 3.05) is 59.3 Å². The number of carbonyl (C=O) groups excluding carboxylic acids is 3. The fourth-order valence-corrected chi connectivity index (χ4v) is 4.35. The van der Waals surface area contributed by atoms with E-state index in [1.807, 2.05) is 0 Å². The van der Waals surface area contributed by atoms with Gasteiger partial charge in [-0.2, -0.15) is 0 Å². The lowest BCUT2D eigenvalue weighted by Crippen LogP contribution is -2.34. The molecule has 262 valence electrons. The average Bonchev–Trinajstić information content (AvgIpc) is 3.00. The van der Waals surface area contributed by atoms with Crippen molar-refractivity contribution >= 4 is 29.7 Å². The molecule has 0 bridgehead atoms. The molecule has 0 aromatic carbocycles. The van der Waals surface area contributed by atoms with Crippen LogP contribution in [0.4, 0.5) is 0 Å². The Morgan fingerprint density at radius 1 is 0.400 bits per heavy atom. The number of hydrogen-bond acceptors (Lipinski definition) is 8. The van der Waals surface area contributed by atoms with Crippen molar-refractivity contribution in [3.05, 3.63) is 0 Å². The Morgan fingerprint density at radius 3 is 1.27 bits per heavy atom. The van der Waals surface area contributed by atoms with Gasteiger partial charge >= 0.3 is 11.9 Å². The monoisotopic (exact) mass is 645 g/mol. The Kier molecular flexibility index (Phi) is 30.6. The van der Waals surface area contributed by atoms with Crippen molar-refractivity contribution in [2.24, 2.45) is 0 Å². The molecule has 0 aliphatic heterocycles. The molecule has 5 N–H and O–H groups in total. The molecule has 0 saturated carbocycles. The minimum Gasteiger partial charge on any atom is -0.481 e. The molecule has 0 aromatic rings. The molecule has 0 aliphatic carbocycles. The van der Waals surface area contributed by atoms with E-state index in [2.05, 4.69) is 16.0 Å². The quantitative estimate of drug-likeness (QED) is 0.0647. The van der Waals surface area contributed by atoms with Crippen LogP contribution in [0.1, 0.15) is 116 Å². The Hall–Kier alpha value is -2.77. The van der Waals surface area contributed by atoms with Gasteiger partial charge in [0.1, 0.15) is 19.8 Å². The molecule has 0 aromatic heterocycles. The van der Waals surface area contributed by atoms with Gasteiger partial charge in [-0.15, -0.1) is 0 Å². The van der Waals surface area contributed by atoms with Gasteiger partial charge in [0.2, 0.25) is 17.7 Å². The van der Waals surface area contributed by atoms with Gasteiger partial charge in [-0.25, -0.2) is 0 Å². The first kappa shape index (κ1) is 42.2. The summed E-state index contributed by atoms with van der Waals surface area (Å²) in [5.41, 5.74) is 0. The SMILES string of the molecule is O=C(O)CCCCCCCCCCCCCCC(=O)NCCCOCCCCOCCCNC(=O)COCC(=O)NCC(=O)O. The normalized spacial score (nSPS) is 10.8. The highest BCUT2D eigenvalue weighted by Gasteiger charge is 2.06. The first-order chi connectivity index (χ1) is 21.8. The van der Waals surface area contributed by atoms with Gasteiger partial charge < -0.3 is 40.4 Å². The minimum atomic E-state index is -1.15. The number of amides is 3. The second-order valence-electron chi connectivity index (χ2n) is 11.1. The van der Waals surface area contributed by atoms with E-state index in [1.165, 1.54) is 44.9 Å². The van der Waals surface area contributed by atoms with E-state index in [1.54, 1.807) is 0 Å². The zero-order valence-corrected chi connectivity index (χ0v) is 27.3. The number of ether oxygens (including phenoxy) is 3. The summed E-state index contributed by atoms with van der Waals surface area (Å²) in [5.74, 6) is -2.69. The van der Waals surface area contributed by atoms with Crippen molar-refractivity contribution < 1.29 is 48.4 Å². The second-order valence-corrected chi connectivity index (χ2v) is 11.1. The summed E-state index contributed by atoms with van der Waals surface area (Å²) in [6.07, 6.45) is 17.7. The van der Waals surface area contributed by atoms with E-state index in [0.717, 1.165) is 51.4 Å². The fourth-order valence-electron chi connectivity index (χ4n) is 4.35. The molecule has 3 amide bonds. The molecule has 13 nitrogen and oxygen atoms in total. The molecular weight excluding hydrogens is 586 g/mol. The van der Waals surface area contributed by atoms with Gasteiger partial charge in [0.15, 0.2) is 0 Å². The number of unbranched alkanes of at least 4 members (excludes halogenated alkanes) is 12. The van der Waals surface area contributed by atoms with Crippen molar-refractivity contribution in [1.29, 1.82) is 0 Å². The summed E-state index contributed by atoms with van der Waals surface area (Å²) < 4.78 is 16.1. The van der Waals surface area contributed by atoms with E-state index in [0.29, 0.717) is 58.8 Å². The van der Waals surface area contributed by atoms with Crippen LogP contribution in [0.15, 0.2) is 0 Å². The summed E-state index contributed by atoms with van der Waals surface area (Å²) in [5, 5.41) is 24.8. The molecule has 0 atom stereocenters. The number of carboxylic acid groups (broad SMARTS) is 2. The van der Waals surface area contributed by atoms with Gasteiger partial charge in [-0.1, -0.05) is 64.2 Å². The summed E-state index contributed by atoms with van der Waals surface area (Å²) in [4.78, 5) is 55.6. The van der Waals surface area contributed by atoms with Crippen LogP contribution in [0.25, 0.3) is 0 Å². The number of hydrogen-bond donors (Lipinski definition) is 5. The fraction of sp³-hybridized carbons (Fsp3) is 0.844. The standard InChI is InChI=1S/C32H59N3O10/c36-28(17-11-9-7-5-3-1-2-4-6-8-10-12-18-31(39)40)33-19-15-23-43-21-13-14-22-44-24-16-20-34-29(37)26-45-27-30(38)35-25-32(41)42/h1-27H2,(H,33,36)(H,34,37)(H,35,38)(H,39,40)(H,41,42). The molecule has 0 spiro atoms. The molecule has 0 unspecified atom stereocenters. The van der Waals surface area contributed by atoms with Crippen LogP contribution < -0.4 is 16.0 Å². The molecule has 0 saturated heterocycles. The van der Waals surface area contributed by atoms with Crippen LogP contribution in [0.5, 0.6) is 0 Å². The first-order valence-electron chi connectivity index (χ1n) is 16.8. The lowest BCUT2D eigenvalue weighted by atomic mass is 10.0. The Morgan fingerprint density at radius 2 is 0.800 bits per heavy atom. The van der Waals surface area contributed by atoms with Gasteiger partial charge in [-0.3, -0.25) is 24.0 Å². The number of nitrogens with one attached hydrogen (secondary N) is 3. The maximum atomic E-state index is 12.0. The van der Waals surface area contributed by atoms with Crippen molar-refractivity contribution in [1.82, 2.24) is 16.0 Å². The Bertz CT molecular complexity index is 782. The van der Waals surface area contributed by atoms with Crippen molar-refractivity contribution in [3.8, 4) is 0 Å². The molecular formula is C32H59N3O10. The lowest BCUT2D eigenvalue weighted by molar-refractivity contribution is -0.139. The molecule has 0 aliphatic rings. The van der Waals surface area contributed by atoms with Gasteiger partial charge in [0.25, 0.3) is 0 Å². The van der Waals surface area contributed by atoms with E-state index in [-0.39, 0.29) is 25.0 Å². The molecule has 13 heteroatoms. The zero-order valence-electron chi connectivity index (χ0n) is 27.3. The first-order valence-corrected chi connectivity index (χ1v) is 16.8. The van der Waals surface area contributed by atoms with Crippen LogP contribution in [0.3, 0.4) is 0 Å². The maximum Gasteiger partial charge on any atom is 0.322 e. The molecule has 0 radical (unpaired) electrons. The third-order valence-corrected chi connectivity index (χ3v) is 6.85. The van der Waals surface area contributed by atoms with E-state index < -0.39 is 24.4 Å². The molecule has 0 heterocycles. The predicted molar refractivity (Wildman–Crippen MR) is 170 cm³/mol. The number of aliphatic carboxylic acids is 2.